The van der Waals surface area contributed by atoms with Crippen LogP contribution in [0.4, 0.5) is 20.8 Å². The van der Waals surface area contributed by atoms with Gasteiger partial charge >= 0.3 is 5.97 Å². The first-order valence-electron chi connectivity index (χ1n) is 7.51. The fourth-order valence-corrected chi connectivity index (χ4v) is 3.84. The minimum atomic E-state index is -0.726. The van der Waals surface area contributed by atoms with Crippen molar-refractivity contribution in [1.29, 1.82) is 0 Å². The highest BCUT2D eigenvalue weighted by molar-refractivity contribution is 7.80. The van der Waals surface area contributed by atoms with E-state index in [9.17, 15) is 19.3 Å². The van der Waals surface area contributed by atoms with Gasteiger partial charge < -0.3 is 15.4 Å². The molecule has 2 rings (SSSR count). The molecule has 7 nitrogen and oxygen atoms in total. The zero-order chi connectivity index (χ0) is 19.4. The smallest absolute Gasteiger partial charge is 0.341 e. The number of thiocarbonyl (C=S) groups is 1. The first-order valence-corrected chi connectivity index (χ1v) is 8.73. The zero-order valence-corrected chi connectivity index (χ0v) is 15.8. The van der Waals surface area contributed by atoms with Crippen LogP contribution in [0.3, 0.4) is 0 Å². The van der Waals surface area contributed by atoms with Gasteiger partial charge in [0.1, 0.15) is 16.5 Å². The van der Waals surface area contributed by atoms with E-state index in [1.165, 1.54) is 24.5 Å². The van der Waals surface area contributed by atoms with Crippen LogP contribution >= 0.6 is 23.6 Å². The minimum absolute atomic E-state index is 0.0359. The number of hydrogen-bond donors (Lipinski definition) is 2. The van der Waals surface area contributed by atoms with Crippen molar-refractivity contribution < 1.29 is 18.8 Å². The van der Waals surface area contributed by atoms with E-state index in [-0.39, 0.29) is 10.8 Å². The number of methoxy groups -OCH3 is 1. The predicted octanol–water partition coefficient (Wildman–Crippen LogP) is 4.26. The van der Waals surface area contributed by atoms with Crippen molar-refractivity contribution in [3.63, 3.8) is 0 Å². The molecule has 0 atom stereocenters. The number of anilines is 2. The first kappa shape index (κ1) is 19.7. The molecular weight excluding hydrogens is 381 g/mol. The van der Waals surface area contributed by atoms with Crippen molar-refractivity contribution in [3.8, 4) is 0 Å². The summed E-state index contributed by atoms with van der Waals surface area (Å²) in [5, 5.41) is 17.1. The molecule has 0 fully saturated rings. The highest BCUT2D eigenvalue weighted by Crippen LogP contribution is 2.34. The van der Waals surface area contributed by atoms with E-state index in [2.05, 4.69) is 10.6 Å². The largest absolute Gasteiger partial charge is 0.465 e. The number of benzene rings is 1. The van der Waals surface area contributed by atoms with Gasteiger partial charge in [-0.1, -0.05) is 6.92 Å². The van der Waals surface area contributed by atoms with Gasteiger partial charge in [0.15, 0.2) is 5.11 Å². The Balaban J connectivity index is 2.29. The molecule has 0 radical (unpaired) electrons. The molecule has 0 unspecified atom stereocenters. The molecule has 0 aliphatic heterocycles. The van der Waals surface area contributed by atoms with Crippen molar-refractivity contribution in [2.45, 2.75) is 20.3 Å². The maximum Gasteiger partial charge on any atom is 0.341 e. The Morgan fingerprint density at radius 1 is 1.42 bits per heavy atom. The highest BCUT2D eigenvalue weighted by Gasteiger charge is 2.23. The van der Waals surface area contributed by atoms with Gasteiger partial charge in [-0.25, -0.2) is 9.18 Å². The lowest BCUT2D eigenvalue weighted by atomic mass is 10.1. The van der Waals surface area contributed by atoms with E-state index in [1.54, 1.807) is 0 Å². The van der Waals surface area contributed by atoms with Gasteiger partial charge in [-0.05, 0) is 43.3 Å². The van der Waals surface area contributed by atoms with E-state index in [0.29, 0.717) is 17.0 Å². The van der Waals surface area contributed by atoms with Crippen LogP contribution in [-0.2, 0) is 11.2 Å². The second-order valence-corrected chi connectivity index (χ2v) is 6.82. The number of rotatable bonds is 5. The third kappa shape index (κ3) is 4.14. The number of carbonyl (C=O) groups is 1. The lowest BCUT2D eigenvalue weighted by Crippen LogP contribution is -2.21. The SMILES string of the molecule is CCc1c(C)sc(NC(=S)Nc2ccc(F)cc2[N+](=O)[O-])c1C(=O)OC. The monoisotopic (exact) mass is 397 g/mol. The van der Waals surface area contributed by atoms with Crippen LogP contribution in [0.1, 0.15) is 27.7 Å². The summed E-state index contributed by atoms with van der Waals surface area (Å²) < 4.78 is 18.1. The fraction of sp³-hybridized carbons (Fsp3) is 0.250. The van der Waals surface area contributed by atoms with Crippen molar-refractivity contribution >= 4 is 51.0 Å². The number of hydrogen-bond acceptors (Lipinski definition) is 6. The van der Waals surface area contributed by atoms with E-state index >= 15 is 0 Å². The molecule has 1 aromatic carbocycles. The molecule has 0 saturated heterocycles. The van der Waals surface area contributed by atoms with Gasteiger partial charge in [0.25, 0.3) is 5.69 Å². The molecule has 0 bridgehead atoms. The molecule has 2 N–H and O–H groups in total. The van der Waals surface area contributed by atoms with Crippen LogP contribution in [0.5, 0.6) is 0 Å². The third-order valence-electron chi connectivity index (χ3n) is 3.58. The molecular formula is C16H16FN3O4S2. The van der Waals surface area contributed by atoms with Crippen molar-refractivity contribution in [1.82, 2.24) is 0 Å². The summed E-state index contributed by atoms with van der Waals surface area (Å²) in [6, 6.07) is 3.11. The number of nitrogens with zero attached hydrogens (tertiary/aromatic N) is 1. The summed E-state index contributed by atoms with van der Waals surface area (Å²) >= 11 is 6.51. The van der Waals surface area contributed by atoms with E-state index < -0.39 is 22.4 Å². The summed E-state index contributed by atoms with van der Waals surface area (Å²) in [7, 11) is 1.29. The van der Waals surface area contributed by atoms with Gasteiger partial charge in [-0.3, -0.25) is 10.1 Å². The van der Waals surface area contributed by atoms with Crippen LogP contribution in [-0.4, -0.2) is 23.1 Å². The Morgan fingerprint density at radius 3 is 2.69 bits per heavy atom. The number of esters is 1. The van der Waals surface area contributed by atoms with E-state index in [4.69, 9.17) is 17.0 Å². The fourth-order valence-electron chi connectivity index (χ4n) is 2.43. The Morgan fingerprint density at radius 2 is 2.12 bits per heavy atom. The predicted molar refractivity (Wildman–Crippen MR) is 103 cm³/mol. The maximum atomic E-state index is 13.2. The van der Waals surface area contributed by atoms with Gasteiger partial charge in [-0.15, -0.1) is 11.3 Å². The van der Waals surface area contributed by atoms with Gasteiger partial charge in [0.05, 0.1) is 23.7 Å². The number of carbonyl (C=O) groups excluding carboxylic acids is 1. The van der Waals surface area contributed by atoms with E-state index in [0.717, 1.165) is 22.6 Å². The van der Waals surface area contributed by atoms with Crippen molar-refractivity contribution in [3.05, 3.63) is 50.1 Å². The summed E-state index contributed by atoms with van der Waals surface area (Å²) in [5.74, 6) is -1.22. The molecule has 1 heterocycles. The molecule has 0 aliphatic rings. The summed E-state index contributed by atoms with van der Waals surface area (Å²) in [6.45, 7) is 3.80. The second-order valence-electron chi connectivity index (χ2n) is 5.18. The molecule has 0 saturated carbocycles. The number of nitro benzene ring substituents is 1. The van der Waals surface area contributed by atoms with Gasteiger partial charge in [0, 0.05) is 4.88 Å². The molecule has 2 aromatic rings. The Bertz CT molecular complexity index is 883. The lowest BCUT2D eigenvalue weighted by molar-refractivity contribution is -0.384. The number of nitro groups is 1. The topological polar surface area (TPSA) is 93.5 Å². The van der Waals surface area contributed by atoms with Crippen molar-refractivity contribution in [2.75, 3.05) is 17.7 Å². The van der Waals surface area contributed by atoms with Crippen LogP contribution in [0.2, 0.25) is 0 Å². The first-order chi connectivity index (χ1) is 12.3. The maximum absolute atomic E-state index is 13.2. The van der Waals surface area contributed by atoms with Crippen LogP contribution in [0.25, 0.3) is 0 Å². The molecule has 0 amide bonds. The number of thiophene rings is 1. The van der Waals surface area contributed by atoms with E-state index in [1.807, 2.05) is 13.8 Å². The standard InChI is InChI=1S/C16H16FN3O4S2/c1-4-10-8(2)26-14(13(10)15(21)24-3)19-16(25)18-11-6-5-9(17)7-12(11)20(22)23/h5-7H,4H2,1-3H3,(H2,18,19,25). The molecule has 0 spiro atoms. The Labute approximate surface area is 158 Å². The molecule has 0 aliphatic carbocycles. The van der Waals surface area contributed by atoms with Crippen LogP contribution in [0.15, 0.2) is 18.2 Å². The second kappa shape index (κ2) is 8.19. The summed E-state index contributed by atoms with van der Waals surface area (Å²) in [4.78, 5) is 23.4. The molecule has 10 heteroatoms. The molecule has 1 aromatic heterocycles. The third-order valence-corrected chi connectivity index (χ3v) is 4.85. The van der Waals surface area contributed by atoms with Gasteiger partial charge in [-0.2, -0.15) is 0 Å². The summed E-state index contributed by atoms with van der Waals surface area (Å²) in [5.41, 5.74) is 0.826. The average Bonchev–Trinajstić information content (AvgIpc) is 2.90. The number of ether oxygens (including phenoxy) is 1. The Hall–Kier alpha value is -2.59. The van der Waals surface area contributed by atoms with Crippen LogP contribution in [0, 0.1) is 22.9 Å². The van der Waals surface area contributed by atoms with Gasteiger partial charge in [0.2, 0.25) is 0 Å². The number of aryl methyl sites for hydroxylation is 1. The van der Waals surface area contributed by atoms with Crippen LogP contribution < -0.4 is 10.6 Å². The van der Waals surface area contributed by atoms with Crippen molar-refractivity contribution in [2.24, 2.45) is 0 Å². The Kier molecular flexibility index (Phi) is 6.22. The quantitative estimate of drug-likeness (QED) is 0.337. The average molecular weight is 397 g/mol. The normalized spacial score (nSPS) is 10.3. The number of halogens is 1. The highest BCUT2D eigenvalue weighted by atomic mass is 32.1. The number of nitrogens with one attached hydrogen (secondary N) is 2. The zero-order valence-electron chi connectivity index (χ0n) is 14.2. The molecule has 26 heavy (non-hydrogen) atoms. The lowest BCUT2D eigenvalue weighted by Gasteiger charge is -2.11. The minimum Gasteiger partial charge on any atom is -0.465 e. The summed E-state index contributed by atoms with van der Waals surface area (Å²) in [6.07, 6.45) is 0.637. The molecule has 138 valence electrons.